The van der Waals surface area contributed by atoms with Crippen LogP contribution in [-0.2, 0) is 9.53 Å². The number of amides is 2. The van der Waals surface area contributed by atoms with E-state index in [0.29, 0.717) is 16.6 Å². The Hall–Kier alpha value is -3.65. The van der Waals surface area contributed by atoms with Crippen LogP contribution in [0.2, 0.25) is 0 Å². The summed E-state index contributed by atoms with van der Waals surface area (Å²) in [5.74, 6) is -1.30. The Morgan fingerprint density at radius 3 is 2.23 bits per heavy atom. The van der Waals surface area contributed by atoms with Crippen molar-refractivity contribution < 1.29 is 24.2 Å². The second kappa shape index (κ2) is 10.7. The molecule has 35 heavy (non-hydrogen) atoms. The summed E-state index contributed by atoms with van der Waals surface area (Å²) in [5, 5.41) is 14.6. The number of anilines is 1. The maximum absolute atomic E-state index is 12.4. The van der Waals surface area contributed by atoms with Crippen LogP contribution in [0.5, 0.6) is 0 Å². The van der Waals surface area contributed by atoms with Gasteiger partial charge in [-0.3, -0.25) is 4.79 Å². The van der Waals surface area contributed by atoms with Gasteiger partial charge < -0.3 is 20.5 Å². The number of alkyl carbamates (subject to hydrolysis) is 1. The second-order valence-corrected chi connectivity index (χ2v) is 9.31. The Morgan fingerprint density at radius 2 is 1.63 bits per heavy atom. The highest BCUT2D eigenvalue weighted by molar-refractivity contribution is 9.10. The lowest BCUT2D eigenvalue weighted by atomic mass is 9.98. The average Bonchev–Trinajstić information content (AvgIpc) is 3.16. The number of carboxylic acids is 1. The van der Waals surface area contributed by atoms with Gasteiger partial charge in [0.25, 0.3) is 0 Å². The van der Waals surface area contributed by atoms with Crippen molar-refractivity contribution in [3.8, 4) is 11.1 Å². The Bertz CT molecular complexity index is 1230. The maximum Gasteiger partial charge on any atom is 0.407 e. The number of aromatic carboxylic acids is 1. The van der Waals surface area contributed by atoms with Crippen LogP contribution in [0.25, 0.3) is 11.1 Å². The molecule has 1 aliphatic rings. The zero-order chi connectivity index (χ0) is 24.9. The minimum Gasteiger partial charge on any atom is -0.478 e. The summed E-state index contributed by atoms with van der Waals surface area (Å²) in [5.41, 5.74) is 5.23. The Kier molecular flexibility index (Phi) is 7.51. The number of carbonyl (C=O) groups excluding carboxylic acids is 2. The van der Waals surface area contributed by atoms with Crippen molar-refractivity contribution in [2.75, 3.05) is 11.9 Å². The molecule has 0 aliphatic heterocycles. The molecule has 3 aromatic carbocycles. The molecule has 0 spiro atoms. The number of rotatable bonds is 8. The van der Waals surface area contributed by atoms with Crippen LogP contribution in [0, 0.1) is 0 Å². The highest BCUT2D eigenvalue weighted by atomic mass is 79.9. The van der Waals surface area contributed by atoms with Crippen molar-refractivity contribution in [1.29, 1.82) is 0 Å². The summed E-state index contributed by atoms with van der Waals surface area (Å²) < 4.78 is 6.04. The third-order valence-corrected chi connectivity index (χ3v) is 6.66. The van der Waals surface area contributed by atoms with Crippen LogP contribution in [0.4, 0.5) is 10.5 Å². The standard InChI is InChI=1S/C27H25BrN2O5/c1-16(10-13-25(31)30-24-12-11-17(26(32)33)14-23(24)28)29-27(34)35-15-22-20-8-4-2-6-18(20)19-7-3-5-9-21(19)22/h2-9,11-12,14,16,22H,10,13,15H2,1H3,(H,29,34)(H,30,31)(H,32,33). The average molecular weight is 537 g/mol. The van der Waals surface area contributed by atoms with Crippen molar-refractivity contribution in [1.82, 2.24) is 5.32 Å². The summed E-state index contributed by atoms with van der Waals surface area (Å²) in [4.78, 5) is 35.8. The van der Waals surface area contributed by atoms with E-state index in [9.17, 15) is 14.4 Å². The molecule has 0 fully saturated rings. The highest BCUT2D eigenvalue weighted by Crippen LogP contribution is 2.44. The van der Waals surface area contributed by atoms with Gasteiger partial charge in [-0.25, -0.2) is 9.59 Å². The molecule has 3 N–H and O–H groups in total. The van der Waals surface area contributed by atoms with Gasteiger partial charge >= 0.3 is 12.1 Å². The first-order chi connectivity index (χ1) is 16.8. The molecule has 1 unspecified atom stereocenters. The van der Waals surface area contributed by atoms with Crippen molar-refractivity contribution in [3.63, 3.8) is 0 Å². The molecule has 0 radical (unpaired) electrons. The number of ether oxygens (including phenoxy) is 1. The lowest BCUT2D eigenvalue weighted by Crippen LogP contribution is -2.34. The predicted octanol–water partition coefficient (Wildman–Crippen LogP) is 5.79. The van der Waals surface area contributed by atoms with Gasteiger partial charge in [0.15, 0.2) is 0 Å². The molecular formula is C27H25BrN2O5. The minimum absolute atomic E-state index is 0.0137. The number of fused-ring (bicyclic) bond motifs is 3. The van der Waals surface area contributed by atoms with Gasteiger partial charge in [-0.1, -0.05) is 48.5 Å². The minimum atomic E-state index is -1.04. The Labute approximate surface area is 211 Å². The number of hydrogen-bond acceptors (Lipinski definition) is 4. The number of benzene rings is 3. The largest absolute Gasteiger partial charge is 0.478 e. The molecule has 0 bridgehead atoms. The van der Waals surface area contributed by atoms with Gasteiger partial charge in [0.1, 0.15) is 6.61 Å². The fourth-order valence-electron chi connectivity index (χ4n) is 4.22. The van der Waals surface area contributed by atoms with E-state index in [-0.39, 0.29) is 36.5 Å². The molecule has 0 aromatic heterocycles. The lowest BCUT2D eigenvalue weighted by molar-refractivity contribution is -0.116. The Balaban J connectivity index is 1.25. The molecule has 8 heteroatoms. The van der Waals surface area contributed by atoms with E-state index in [1.54, 1.807) is 0 Å². The van der Waals surface area contributed by atoms with Gasteiger partial charge in [0, 0.05) is 22.9 Å². The van der Waals surface area contributed by atoms with Crippen LogP contribution >= 0.6 is 15.9 Å². The summed E-state index contributed by atoms with van der Waals surface area (Å²) in [6.07, 6.45) is 0.0745. The van der Waals surface area contributed by atoms with Crippen molar-refractivity contribution in [2.45, 2.75) is 31.7 Å². The SMILES string of the molecule is CC(CCC(=O)Nc1ccc(C(=O)O)cc1Br)NC(=O)OCC1c2ccccc2-c2ccccc21. The normalized spacial score (nSPS) is 12.9. The molecule has 0 saturated heterocycles. The van der Waals surface area contributed by atoms with Gasteiger partial charge in [-0.2, -0.15) is 0 Å². The molecule has 0 heterocycles. The molecule has 4 rings (SSSR count). The zero-order valence-electron chi connectivity index (χ0n) is 19.1. The molecule has 2 amide bonds. The summed E-state index contributed by atoms with van der Waals surface area (Å²) in [6.45, 7) is 2.04. The van der Waals surface area contributed by atoms with Gasteiger partial charge in [0.2, 0.25) is 5.91 Å². The molecule has 0 saturated carbocycles. The monoisotopic (exact) mass is 536 g/mol. The van der Waals surface area contributed by atoms with Crippen molar-refractivity contribution in [2.24, 2.45) is 0 Å². The van der Waals surface area contributed by atoms with E-state index in [1.807, 2.05) is 31.2 Å². The van der Waals surface area contributed by atoms with Gasteiger partial charge in [-0.15, -0.1) is 0 Å². The third kappa shape index (κ3) is 5.71. The fraction of sp³-hybridized carbons (Fsp3) is 0.222. The smallest absolute Gasteiger partial charge is 0.407 e. The number of carboxylic acid groups (broad SMARTS) is 1. The zero-order valence-corrected chi connectivity index (χ0v) is 20.7. The maximum atomic E-state index is 12.4. The molecule has 3 aromatic rings. The van der Waals surface area contributed by atoms with Crippen LogP contribution in [0.15, 0.2) is 71.2 Å². The fourth-order valence-corrected chi connectivity index (χ4v) is 4.70. The van der Waals surface area contributed by atoms with Gasteiger partial charge in [-0.05, 0) is 69.7 Å². The molecular weight excluding hydrogens is 512 g/mol. The lowest BCUT2D eigenvalue weighted by Gasteiger charge is -2.17. The van der Waals surface area contributed by atoms with E-state index in [4.69, 9.17) is 9.84 Å². The van der Waals surface area contributed by atoms with Crippen LogP contribution in [0.3, 0.4) is 0 Å². The van der Waals surface area contributed by atoms with E-state index in [1.165, 1.54) is 29.3 Å². The van der Waals surface area contributed by atoms with Crippen molar-refractivity contribution >= 4 is 39.6 Å². The summed E-state index contributed by atoms with van der Waals surface area (Å²) in [6, 6.07) is 20.4. The second-order valence-electron chi connectivity index (χ2n) is 8.46. The first kappa shape index (κ1) is 24.5. The van der Waals surface area contributed by atoms with E-state index < -0.39 is 12.1 Å². The molecule has 7 nitrogen and oxygen atoms in total. The van der Waals surface area contributed by atoms with Crippen LogP contribution < -0.4 is 10.6 Å². The first-order valence-electron chi connectivity index (χ1n) is 11.3. The van der Waals surface area contributed by atoms with Crippen molar-refractivity contribution in [3.05, 3.63) is 87.9 Å². The molecule has 1 atom stereocenters. The number of hydrogen-bond donors (Lipinski definition) is 3. The molecule has 180 valence electrons. The first-order valence-corrected chi connectivity index (χ1v) is 12.1. The number of halogens is 1. The highest BCUT2D eigenvalue weighted by Gasteiger charge is 2.29. The quantitative estimate of drug-likeness (QED) is 0.337. The van der Waals surface area contributed by atoms with Gasteiger partial charge in [0.05, 0.1) is 11.3 Å². The summed E-state index contributed by atoms with van der Waals surface area (Å²) in [7, 11) is 0. The van der Waals surface area contributed by atoms with E-state index >= 15 is 0 Å². The third-order valence-electron chi connectivity index (χ3n) is 6.00. The number of nitrogens with one attached hydrogen (secondary N) is 2. The topological polar surface area (TPSA) is 105 Å². The Morgan fingerprint density at radius 1 is 1.00 bits per heavy atom. The molecule has 1 aliphatic carbocycles. The van der Waals surface area contributed by atoms with E-state index in [2.05, 4.69) is 50.8 Å². The van der Waals surface area contributed by atoms with Crippen LogP contribution in [-0.4, -0.2) is 35.7 Å². The van der Waals surface area contributed by atoms with E-state index in [0.717, 1.165) is 11.1 Å². The predicted molar refractivity (Wildman–Crippen MR) is 137 cm³/mol. The summed E-state index contributed by atoms with van der Waals surface area (Å²) >= 11 is 3.27. The number of carbonyl (C=O) groups is 3. The van der Waals surface area contributed by atoms with Crippen LogP contribution in [0.1, 0.15) is 47.2 Å².